The molecule has 1 aromatic heterocycles. The maximum Gasteiger partial charge on any atom is 0.122 e. The van der Waals surface area contributed by atoms with Gasteiger partial charge in [0.05, 0.1) is 12.3 Å². The Labute approximate surface area is 104 Å². The monoisotopic (exact) mass is 239 g/mol. The van der Waals surface area contributed by atoms with Gasteiger partial charge in [-0.15, -0.1) is 0 Å². The minimum Gasteiger partial charge on any atom is -0.468 e. The van der Waals surface area contributed by atoms with E-state index in [9.17, 15) is 0 Å². The first kappa shape index (κ1) is 14.2. The first-order valence-electron chi connectivity index (χ1n) is 6.20. The van der Waals surface area contributed by atoms with Crippen molar-refractivity contribution in [3.8, 4) is 0 Å². The van der Waals surface area contributed by atoms with Crippen molar-refractivity contribution in [2.24, 2.45) is 5.73 Å². The summed E-state index contributed by atoms with van der Waals surface area (Å²) in [7, 11) is 6.26. The third-order valence-electron chi connectivity index (χ3n) is 3.09. The largest absolute Gasteiger partial charge is 0.468 e. The molecule has 0 aliphatic carbocycles. The van der Waals surface area contributed by atoms with Crippen LogP contribution in [0.4, 0.5) is 0 Å². The van der Waals surface area contributed by atoms with Gasteiger partial charge in [0.25, 0.3) is 0 Å². The second-order valence-electron chi connectivity index (χ2n) is 4.82. The Hall–Kier alpha value is -0.840. The number of furan rings is 1. The molecule has 0 fully saturated rings. The van der Waals surface area contributed by atoms with E-state index < -0.39 is 0 Å². The lowest BCUT2D eigenvalue weighted by Gasteiger charge is -2.31. The molecule has 17 heavy (non-hydrogen) atoms. The van der Waals surface area contributed by atoms with Crippen LogP contribution in [-0.2, 0) is 0 Å². The molecule has 0 spiro atoms. The summed E-state index contributed by atoms with van der Waals surface area (Å²) in [6.45, 7) is 4.11. The summed E-state index contributed by atoms with van der Waals surface area (Å²) in [4.78, 5) is 4.44. The van der Waals surface area contributed by atoms with Gasteiger partial charge >= 0.3 is 0 Å². The Bertz CT molecular complexity index is 298. The van der Waals surface area contributed by atoms with Crippen molar-refractivity contribution in [1.82, 2.24) is 9.80 Å². The summed E-state index contributed by atoms with van der Waals surface area (Å²) in [6, 6.07) is 4.19. The number of hydrogen-bond acceptors (Lipinski definition) is 4. The van der Waals surface area contributed by atoms with Gasteiger partial charge in [0.2, 0.25) is 0 Å². The smallest absolute Gasteiger partial charge is 0.122 e. The molecule has 0 aliphatic rings. The Kier molecular flexibility index (Phi) is 5.68. The zero-order chi connectivity index (χ0) is 12.8. The predicted molar refractivity (Wildman–Crippen MR) is 70.9 cm³/mol. The number of nitrogens with zero attached hydrogens (tertiary/aromatic N) is 2. The van der Waals surface area contributed by atoms with Crippen LogP contribution in [0.3, 0.4) is 0 Å². The molecule has 0 amide bonds. The normalized spacial score (nSPS) is 15.5. The highest BCUT2D eigenvalue weighted by Crippen LogP contribution is 2.23. The fraction of sp³-hybridized carbons (Fsp3) is 0.692. The van der Waals surface area contributed by atoms with Gasteiger partial charge in [-0.2, -0.15) is 0 Å². The first-order valence-corrected chi connectivity index (χ1v) is 6.20. The summed E-state index contributed by atoms with van der Waals surface area (Å²) >= 11 is 0. The average molecular weight is 239 g/mol. The lowest BCUT2D eigenvalue weighted by molar-refractivity contribution is 0.169. The highest BCUT2D eigenvalue weighted by Gasteiger charge is 2.25. The highest BCUT2D eigenvalue weighted by atomic mass is 16.3. The lowest BCUT2D eigenvalue weighted by atomic mass is 10.0. The van der Waals surface area contributed by atoms with Crippen LogP contribution in [0, 0.1) is 0 Å². The van der Waals surface area contributed by atoms with Crippen molar-refractivity contribution in [3.05, 3.63) is 24.2 Å². The topological polar surface area (TPSA) is 45.6 Å². The van der Waals surface area contributed by atoms with E-state index in [0.29, 0.717) is 0 Å². The SMILES string of the molecule is CCC(N)C(c1ccco1)N(C)CCN(C)C. The predicted octanol–water partition coefficient (Wildman–Crippen LogP) is 1.55. The molecule has 0 aliphatic heterocycles. The van der Waals surface area contributed by atoms with Crippen LogP contribution in [0.25, 0.3) is 0 Å². The van der Waals surface area contributed by atoms with E-state index in [4.69, 9.17) is 10.2 Å². The van der Waals surface area contributed by atoms with Gasteiger partial charge in [-0.1, -0.05) is 6.92 Å². The fourth-order valence-corrected chi connectivity index (χ4v) is 1.93. The quantitative estimate of drug-likeness (QED) is 0.784. The fourth-order valence-electron chi connectivity index (χ4n) is 1.93. The first-order chi connectivity index (χ1) is 8.06. The van der Waals surface area contributed by atoms with Gasteiger partial charge < -0.3 is 15.1 Å². The van der Waals surface area contributed by atoms with Crippen LogP contribution < -0.4 is 5.73 Å². The molecule has 2 N–H and O–H groups in total. The van der Waals surface area contributed by atoms with Crippen LogP contribution in [0.15, 0.2) is 22.8 Å². The van der Waals surface area contributed by atoms with E-state index in [1.807, 2.05) is 12.1 Å². The van der Waals surface area contributed by atoms with Gasteiger partial charge in [-0.3, -0.25) is 4.90 Å². The molecular weight excluding hydrogens is 214 g/mol. The van der Waals surface area contributed by atoms with Gasteiger partial charge in [0.15, 0.2) is 0 Å². The van der Waals surface area contributed by atoms with Crippen molar-refractivity contribution in [1.29, 1.82) is 0 Å². The van der Waals surface area contributed by atoms with Crippen molar-refractivity contribution >= 4 is 0 Å². The zero-order valence-corrected chi connectivity index (χ0v) is 11.4. The third kappa shape index (κ3) is 4.15. The third-order valence-corrected chi connectivity index (χ3v) is 3.09. The summed E-state index contributed by atoms with van der Waals surface area (Å²) in [6.07, 6.45) is 2.65. The van der Waals surface area contributed by atoms with Crippen LogP contribution >= 0.6 is 0 Å². The highest BCUT2D eigenvalue weighted by molar-refractivity contribution is 5.07. The van der Waals surface area contributed by atoms with Crippen LogP contribution in [-0.4, -0.2) is 50.1 Å². The van der Waals surface area contributed by atoms with Gasteiger partial charge in [0.1, 0.15) is 5.76 Å². The zero-order valence-electron chi connectivity index (χ0n) is 11.4. The Morgan fingerprint density at radius 1 is 1.29 bits per heavy atom. The van der Waals surface area contributed by atoms with Gasteiger partial charge in [-0.25, -0.2) is 0 Å². The van der Waals surface area contributed by atoms with Crippen LogP contribution in [0.5, 0.6) is 0 Å². The number of nitrogens with two attached hydrogens (primary N) is 1. The van der Waals surface area contributed by atoms with E-state index in [-0.39, 0.29) is 12.1 Å². The average Bonchev–Trinajstić information content (AvgIpc) is 2.79. The molecule has 4 heteroatoms. The van der Waals surface area contributed by atoms with E-state index in [1.54, 1.807) is 6.26 Å². The number of hydrogen-bond donors (Lipinski definition) is 1. The maximum absolute atomic E-state index is 6.20. The molecular formula is C13H25N3O. The molecule has 0 radical (unpaired) electrons. The molecule has 0 saturated carbocycles. The minimum absolute atomic E-state index is 0.105. The maximum atomic E-state index is 6.20. The molecule has 1 aromatic rings. The summed E-state index contributed by atoms with van der Waals surface area (Å²) < 4.78 is 5.51. The molecule has 98 valence electrons. The van der Waals surface area contributed by atoms with Crippen molar-refractivity contribution in [2.75, 3.05) is 34.2 Å². The molecule has 0 saturated heterocycles. The standard InChI is InChI=1S/C13H25N3O/c1-5-11(14)13(12-7-6-10-17-12)16(4)9-8-15(2)3/h6-7,10-11,13H,5,8-9,14H2,1-4H3. The molecule has 2 atom stereocenters. The molecule has 1 rings (SSSR count). The molecule has 0 aromatic carbocycles. The lowest BCUT2D eigenvalue weighted by Crippen LogP contribution is -2.41. The van der Waals surface area contributed by atoms with Gasteiger partial charge in [-0.05, 0) is 39.7 Å². The summed E-state index contributed by atoms with van der Waals surface area (Å²) in [5, 5.41) is 0. The van der Waals surface area contributed by atoms with E-state index in [1.165, 1.54) is 0 Å². The van der Waals surface area contributed by atoms with Gasteiger partial charge in [0, 0.05) is 19.1 Å². The summed E-state index contributed by atoms with van der Waals surface area (Å²) in [5.74, 6) is 0.959. The van der Waals surface area contributed by atoms with Crippen molar-refractivity contribution < 1.29 is 4.42 Å². The van der Waals surface area contributed by atoms with Crippen molar-refractivity contribution in [3.63, 3.8) is 0 Å². The molecule has 2 unspecified atom stereocenters. The molecule has 1 heterocycles. The molecule has 0 bridgehead atoms. The van der Waals surface area contributed by atoms with Crippen molar-refractivity contribution in [2.45, 2.75) is 25.4 Å². The van der Waals surface area contributed by atoms with E-state index in [0.717, 1.165) is 25.3 Å². The number of rotatable bonds is 7. The number of likely N-dealkylation sites (N-methyl/N-ethyl adjacent to an activating group) is 2. The Balaban J connectivity index is 2.69. The Morgan fingerprint density at radius 3 is 2.47 bits per heavy atom. The van der Waals surface area contributed by atoms with E-state index in [2.05, 4.69) is 37.9 Å². The summed E-state index contributed by atoms with van der Waals surface area (Å²) in [5.41, 5.74) is 6.20. The second-order valence-corrected chi connectivity index (χ2v) is 4.82. The van der Waals surface area contributed by atoms with Crippen LogP contribution in [0.2, 0.25) is 0 Å². The van der Waals surface area contributed by atoms with Crippen LogP contribution in [0.1, 0.15) is 25.1 Å². The second kappa shape index (κ2) is 6.79. The van der Waals surface area contributed by atoms with E-state index >= 15 is 0 Å². The molecule has 4 nitrogen and oxygen atoms in total. The Morgan fingerprint density at radius 2 is 2.00 bits per heavy atom. The minimum atomic E-state index is 0.105.